The molecule has 2 aromatic rings. The number of aryl methyl sites for hydroxylation is 1. The zero-order valence-electron chi connectivity index (χ0n) is 8.71. The minimum Gasteiger partial charge on any atom is -0.324 e. The summed E-state index contributed by atoms with van der Waals surface area (Å²) >= 11 is 3.35. The normalized spacial score (nSPS) is 12.7. The third-order valence-corrected chi connectivity index (χ3v) is 2.54. The smallest absolute Gasteiger partial charge is 0.176 e. The first-order valence-corrected chi connectivity index (χ1v) is 5.53. The van der Waals surface area contributed by atoms with E-state index in [4.69, 9.17) is 5.73 Å². The molecule has 2 N–H and O–H groups in total. The van der Waals surface area contributed by atoms with E-state index in [1.807, 2.05) is 6.07 Å². The maximum Gasteiger partial charge on any atom is 0.176 e. The molecule has 16 heavy (non-hydrogen) atoms. The highest BCUT2D eigenvalue weighted by atomic mass is 79.9. The van der Waals surface area contributed by atoms with Crippen molar-refractivity contribution in [2.24, 2.45) is 12.8 Å². The van der Waals surface area contributed by atoms with E-state index in [1.165, 1.54) is 4.80 Å². The Morgan fingerprint density at radius 3 is 2.94 bits per heavy atom. The number of aromatic nitrogens is 5. The highest BCUT2D eigenvalue weighted by Gasteiger charge is 2.11. The van der Waals surface area contributed by atoms with E-state index in [0.29, 0.717) is 12.2 Å². The molecule has 0 saturated carbocycles. The van der Waals surface area contributed by atoms with Gasteiger partial charge in [0.1, 0.15) is 0 Å². The van der Waals surface area contributed by atoms with Crippen LogP contribution in [0.5, 0.6) is 0 Å². The van der Waals surface area contributed by atoms with Crippen LogP contribution in [0, 0.1) is 0 Å². The number of pyridine rings is 1. The van der Waals surface area contributed by atoms with Crippen LogP contribution < -0.4 is 5.73 Å². The maximum absolute atomic E-state index is 6.03. The van der Waals surface area contributed by atoms with Crippen molar-refractivity contribution in [3.63, 3.8) is 0 Å². The molecular formula is C9H11BrN6. The van der Waals surface area contributed by atoms with Crippen LogP contribution in [0.25, 0.3) is 0 Å². The second-order valence-corrected chi connectivity index (χ2v) is 4.36. The quantitative estimate of drug-likeness (QED) is 0.892. The van der Waals surface area contributed by atoms with E-state index in [1.54, 1.807) is 19.4 Å². The summed E-state index contributed by atoms with van der Waals surface area (Å²) in [6.45, 7) is 0. The van der Waals surface area contributed by atoms with Crippen LogP contribution in [0.15, 0.2) is 22.9 Å². The fourth-order valence-electron chi connectivity index (χ4n) is 1.35. The Kier molecular flexibility index (Phi) is 3.25. The lowest BCUT2D eigenvalue weighted by Crippen LogP contribution is -2.14. The number of tetrazole rings is 1. The molecule has 1 atom stereocenters. The second kappa shape index (κ2) is 4.67. The number of rotatable bonds is 3. The molecule has 0 aliphatic heterocycles. The minimum absolute atomic E-state index is 0.172. The molecule has 0 saturated heterocycles. The predicted molar refractivity (Wildman–Crippen MR) is 61.4 cm³/mol. The lowest BCUT2D eigenvalue weighted by Gasteiger charge is -2.08. The lowest BCUT2D eigenvalue weighted by atomic mass is 10.1. The van der Waals surface area contributed by atoms with Gasteiger partial charge in [-0.05, 0) is 32.8 Å². The Morgan fingerprint density at radius 2 is 2.31 bits per heavy atom. The highest BCUT2D eigenvalue weighted by molar-refractivity contribution is 9.10. The van der Waals surface area contributed by atoms with Crippen molar-refractivity contribution in [3.05, 3.63) is 34.3 Å². The molecule has 0 aliphatic rings. The van der Waals surface area contributed by atoms with Gasteiger partial charge >= 0.3 is 0 Å². The van der Waals surface area contributed by atoms with Crippen LogP contribution in [0.2, 0.25) is 0 Å². The summed E-state index contributed by atoms with van der Waals surface area (Å²) in [5, 5.41) is 11.7. The predicted octanol–water partition coefficient (Wildman–Crippen LogP) is 0.610. The molecule has 0 bridgehead atoms. The van der Waals surface area contributed by atoms with Crippen molar-refractivity contribution < 1.29 is 0 Å². The number of hydrogen-bond donors (Lipinski definition) is 1. The lowest BCUT2D eigenvalue weighted by molar-refractivity contribution is 0.622. The molecule has 0 aromatic carbocycles. The fourth-order valence-corrected chi connectivity index (χ4v) is 1.73. The Hall–Kier alpha value is -1.34. The van der Waals surface area contributed by atoms with Crippen LogP contribution in [0.4, 0.5) is 0 Å². The molecule has 0 spiro atoms. The average Bonchev–Trinajstić information content (AvgIpc) is 2.64. The summed E-state index contributed by atoms with van der Waals surface area (Å²) in [5.74, 6) is 0.634. The molecule has 0 fully saturated rings. The second-order valence-electron chi connectivity index (χ2n) is 3.44. The SMILES string of the molecule is Cn1nnc(CC(N)c2cncc(Br)c2)n1. The topological polar surface area (TPSA) is 82.5 Å². The van der Waals surface area contributed by atoms with Crippen LogP contribution in [-0.2, 0) is 13.5 Å². The molecule has 2 heterocycles. The van der Waals surface area contributed by atoms with Gasteiger partial charge in [0.2, 0.25) is 0 Å². The highest BCUT2D eigenvalue weighted by Crippen LogP contribution is 2.17. The molecule has 84 valence electrons. The maximum atomic E-state index is 6.03. The summed E-state index contributed by atoms with van der Waals surface area (Å²) in [6.07, 6.45) is 4.01. The molecule has 2 aromatic heterocycles. The zero-order valence-corrected chi connectivity index (χ0v) is 10.3. The summed E-state index contributed by atoms with van der Waals surface area (Å²) in [5.41, 5.74) is 6.97. The van der Waals surface area contributed by atoms with Crippen molar-refractivity contribution >= 4 is 15.9 Å². The molecule has 0 aliphatic carbocycles. The van der Waals surface area contributed by atoms with Crippen LogP contribution >= 0.6 is 15.9 Å². The Bertz CT molecular complexity index is 482. The Morgan fingerprint density at radius 1 is 1.50 bits per heavy atom. The Balaban J connectivity index is 2.11. The third kappa shape index (κ3) is 2.61. The molecule has 2 rings (SSSR count). The monoisotopic (exact) mass is 282 g/mol. The first-order valence-electron chi connectivity index (χ1n) is 4.74. The summed E-state index contributed by atoms with van der Waals surface area (Å²) in [6, 6.07) is 1.77. The molecule has 1 unspecified atom stereocenters. The van der Waals surface area contributed by atoms with Crippen molar-refractivity contribution in [1.82, 2.24) is 25.2 Å². The van der Waals surface area contributed by atoms with Gasteiger partial charge in [-0.1, -0.05) is 0 Å². The van der Waals surface area contributed by atoms with Gasteiger partial charge in [0, 0.05) is 29.3 Å². The molecule has 7 heteroatoms. The fraction of sp³-hybridized carbons (Fsp3) is 0.333. The first kappa shape index (κ1) is 11.2. The van der Waals surface area contributed by atoms with Gasteiger partial charge in [0.25, 0.3) is 0 Å². The standard InChI is InChI=1S/C9H11BrN6/c1-16-14-9(13-15-16)3-8(11)6-2-7(10)5-12-4-6/h2,4-5,8H,3,11H2,1H3. The summed E-state index contributed by atoms with van der Waals surface area (Å²) in [4.78, 5) is 5.48. The van der Waals surface area contributed by atoms with E-state index in [9.17, 15) is 0 Å². The third-order valence-electron chi connectivity index (χ3n) is 2.11. The van der Waals surface area contributed by atoms with E-state index in [0.717, 1.165) is 10.0 Å². The molecular weight excluding hydrogens is 272 g/mol. The number of nitrogens with two attached hydrogens (primary N) is 1. The van der Waals surface area contributed by atoms with Crippen molar-refractivity contribution in [1.29, 1.82) is 0 Å². The van der Waals surface area contributed by atoms with Gasteiger partial charge in [-0.3, -0.25) is 4.98 Å². The number of hydrogen-bond acceptors (Lipinski definition) is 5. The van der Waals surface area contributed by atoms with Gasteiger partial charge in [0.15, 0.2) is 5.82 Å². The molecule has 6 nitrogen and oxygen atoms in total. The van der Waals surface area contributed by atoms with Gasteiger partial charge in [-0.15, -0.1) is 10.2 Å². The van der Waals surface area contributed by atoms with E-state index < -0.39 is 0 Å². The van der Waals surface area contributed by atoms with Gasteiger partial charge in [0.05, 0.1) is 7.05 Å². The largest absolute Gasteiger partial charge is 0.324 e. The summed E-state index contributed by atoms with van der Waals surface area (Å²) in [7, 11) is 1.72. The Labute approximate surface area is 101 Å². The summed E-state index contributed by atoms with van der Waals surface area (Å²) < 4.78 is 0.910. The van der Waals surface area contributed by atoms with E-state index in [2.05, 4.69) is 36.3 Å². The average molecular weight is 283 g/mol. The number of nitrogens with zero attached hydrogens (tertiary/aromatic N) is 5. The van der Waals surface area contributed by atoms with Crippen molar-refractivity contribution in [2.45, 2.75) is 12.5 Å². The number of halogens is 1. The molecule has 0 radical (unpaired) electrons. The van der Waals surface area contributed by atoms with Crippen molar-refractivity contribution in [3.8, 4) is 0 Å². The van der Waals surface area contributed by atoms with Crippen LogP contribution in [0.1, 0.15) is 17.4 Å². The van der Waals surface area contributed by atoms with Gasteiger partial charge in [-0.25, -0.2) is 0 Å². The minimum atomic E-state index is -0.172. The zero-order chi connectivity index (χ0) is 11.5. The van der Waals surface area contributed by atoms with Gasteiger partial charge < -0.3 is 5.73 Å². The van der Waals surface area contributed by atoms with Crippen LogP contribution in [0.3, 0.4) is 0 Å². The van der Waals surface area contributed by atoms with Gasteiger partial charge in [-0.2, -0.15) is 4.80 Å². The van der Waals surface area contributed by atoms with E-state index in [-0.39, 0.29) is 6.04 Å². The first-order chi connectivity index (χ1) is 7.65. The van der Waals surface area contributed by atoms with Crippen LogP contribution in [-0.4, -0.2) is 25.2 Å². The van der Waals surface area contributed by atoms with Crippen molar-refractivity contribution in [2.75, 3.05) is 0 Å². The van der Waals surface area contributed by atoms with E-state index >= 15 is 0 Å². The molecule has 0 amide bonds.